The van der Waals surface area contributed by atoms with E-state index < -0.39 is 23.0 Å². The molecule has 4 rings (SSSR count). The number of thiazole rings is 1. The number of benzene rings is 1. The first-order valence-electron chi connectivity index (χ1n) is 8.14. The maximum atomic E-state index is 12.5. The van der Waals surface area contributed by atoms with Crippen LogP contribution in [-0.4, -0.2) is 23.0 Å². The van der Waals surface area contributed by atoms with Gasteiger partial charge in [0.25, 0.3) is 0 Å². The molecule has 3 heterocycles. The predicted molar refractivity (Wildman–Crippen MR) is 92.5 cm³/mol. The summed E-state index contributed by atoms with van der Waals surface area (Å²) in [6, 6.07) is 9.71. The number of anilines is 2. The second kappa shape index (κ2) is 5.56. The van der Waals surface area contributed by atoms with E-state index in [0.29, 0.717) is 17.2 Å². The van der Waals surface area contributed by atoms with Crippen LogP contribution in [0.4, 0.5) is 10.8 Å². The zero-order valence-electron chi connectivity index (χ0n) is 13.9. The Labute approximate surface area is 149 Å². The third kappa shape index (κ3) is 2.59. The first kappa shape index (κ1) is 16.1. The lowest BCUT2D eigenvalue weighted by molar-refractivity contribution is -0.160. The molecule has 2 aliphatic rings. The molecule has 2 aromatic rings. The highest BCUT2D eigenvalue weighted by Crippen LogP contribution is 2.52. The van der Waals surface area contributed by atoms with Gasteiger partial charge in [0.1, 0.15) is 6.10 Å². The molecule has 1 aromatic carbocycles. The Bertz CT molecular complexity index is 837. The van der Waals surface area contributed by atoms with Crippen molar-refractivity contribution in [1.29, 1.82) is 0 Å². The number of carbonyl (C=O) groups is 2. The van der Waals surface area contributed by atoms with Crippen molar-refractivity contribution in [1.82, 2.24) is 4.98 Å². The molecule has 1 N–H and O–H groups in total. The molecule has 0 radical (unpaired) electrons. The van der Waals surface area contributed by atoms with Gasteiger partial charge in [0.15, 0.2) is 16.1 Å². The highest BCUT2D eigenvalue weighted by molar-refractivity contribution is 7.13. The molecule has 0 saturated carbocycles. The predicted octanol–water partition coefficient (Wildman–Crippen LogP) is 3.37. The van der Waals surface area contributed by atoms with Gasteiger partial charge in [-0.3, -0.25) is 9.59 Å². The second-order valence-corrected chi connectivity index (χ2v) is 7.69. The topological polar surface area (TPSA) is 77.5 Å². The largest absolute Gasteiger partial charge is 0.462 e. The number of nitrogens with one attached hydrogen (secondary N) is 1. The van der Waals surface area contributed by atoms with Crippen LogP contribution in [0.2, 0.25) is 0 Å². The van der Waals surface area contributed by atoms with Crippen molar-refractivity contribution < 1.29 is 19.1 Å². The highest BCUT2D eigenvalue weighted by Gasteiger charge is 2.65. The molecule has 2 aliphatic heterocycles. The van der Waals surface area contributed by atoms with Gasteiger partial charge in [-0.2, -0.15) is 0 Å². The van der Waals surface area contributed by atoms with Crippen molar-refractivity contribution in [3.8, 4) is 0 Å². The summed E-state index contributed by atoms with van der Waals surface area (Å²) in [6.45, 7) is 3.59. The fourth-order valence-electron chi connectivity index (χ4n) is 3.57. The Morgan fingerprint density at radius 2 is 2.00 bits per heavy atom. The van der Waals surface area contributed by atoms with Crippen LogP contribution >= 0.6 is 11.3 Å². The van der Waals surface area contributed by atoms with Gasteiger partial charge in [-0.1, -0.05) is 18.2 Å². The van der Waals surface area contributed by atoms with Crippen LogP contribution in [0, 0.1) is 5.41 Å². The summed E-state index contributed by atoms with van der Waals surface area (Å²) in [6.07, 6.45) is 0.351. The van der Waals surface area contributed by atoms with Crippen LogP contribution in [0.1, 0.15) is 32.4 Å². The fourth-order valence-corrected chi connectivity index (χ4v) is 4.42. The molecular weight excluding hydrogens is 340 g/mol. The molecule has 1 spiro atoms. The van der Waals surface area contributed by atoms with E-state index in [9.17, 15) is 9.59 Å². The Hall–Kier alpha value is -2.41. The number of esters is 2. The molecule has 3 atom stereocenters. The maximum Gasteiger partial charge on any atom is 0.324 e. The molecule has 6 nitrogen and oxygen atoms in total. The van der Waals surface area contributed by atoms with Crippen molar-refractivity contribution in [2.24, 2.45) is 5.41 Å². The number of hydrogen-bond donors (Lipinski definition) is 1. The molecule has 0 aliphatic carbocycles. The Morgan fingerprint density at radius 1 is 1.24 bits per heavy atom. The van der Waals surface area contributed by atoms with E-state index in [0.717, 1.165) is 5.69 Å². The quantitative estimate of drug-likeness (QED) is 0.669. The van der Waals surface area contributed by atoms with Gasteiger partial charge in [-0.25, -0.2) is 4.98 Å². The van der Waals surface area contributed by atoms with Gasteiger partial charge in [0, 0.05) is 23.9 Å². The first-order chi connectivity index (χ1) is 11.9. The number of carbonyl (C=O) groups excluding carboxylic acids is 2. The van der Waals surface area contributed by atoms with Gasteiger partial charge < -0.3 is 14.8 Å². The van der Waals surface area contributed by atoms with Gasteiger partial charge >= 0.3 is 11.9 Å². The lowest BCUT2D eigenvalue weighted by Crippen LogP contribution is -2.31. The molecular formula is C18H18N2O4S. The minimum atomic E-state index is -1.19. The van der Waals surface area contributed by atoms with Crippen molar-refractivity contribution in [2.75, 3.05) is 5.32 Å². The molecule has 2 fully saturated rings. The van der Waals surface area contributed by atoms with E-state index in [-0.39, 0.29) is 12.5 Å². The standard InChI is InChI=1S/C18H18N2O4S/c1-11-8-18(14(21)23-11)10-17(2,24-15(18)22)13-9-25-16(20-13)19-12-6-4-3-5-7-12/h3-7,9,11H,8,10H2,1-2H3,(H,19,20)/t11-,17-,18+/m0/s1. The van der Waals surface area contributed by atoms with Crippen LogP contribution in [0.5, 0.6) is 0 Å². The molecule has 130 valence electrons. The summed E-state index contributed by atoms with van der Waals surface area (Å²) in [5.74, 6) is -0.985. The van der Waals surface area contributed by atoms with Crippen LogP contribution < -0.4 is 5.32 Å². The number of rotatable bonds is 3. The lowest BCUT2D eigenvalue weighted by Gasteiger charge is -2.20. The minimum Gasteiger partial charge on any atom is -0.462 e. The summed E-state index contributed by atoms with van der Waals surface area (Å²) in [5.41, 5.74) is -0.534. The molecule has 1 aromatic heterocycles. The summed E-state index contributed by atoms with van der Waals surface area (Å²) in [4.78, 5) is 29.3. The maximum absolute atomic E-state index is 12.5. The van der Waals surface area contributed by atoms with Crippen molar-refractivity contribution in [3.63, 3.8) is 0 Å². The molecule has 0 bridgehead atoms. The van der Waals surface area contributed by atoms with Crippen molar-refractivity contribution >= 4 is 34.1 Å². The van der Waals surface area contributed by atoms with E-state index in [4.69, 9.17) is 9.47 Å². The average Bonchev–Trinajstić information content (AvgIpc) is 3.20. The molecule has 7 heteroatoms. The zero-order chi connectivity index (χ0) is 17.7. The van der Waals surface area contributed by atoms with E-state index in [2.05, 4.69) is 10.3 Å². The third-order valence-corrected chi connectivity index (χ3v) is 5.51. The number of para-hydroxylation sites is 1. The van der Waals surface area contributed by atoms with Crippen molar-refractivity contribution in [3.05, 3.63) is 41.4 Å². The van der Waals surface area contributed by atoms with Crippen LogP contribution in [0.25, 0.3) is 0 Å². The average molecular weight is 358 g/mol. The van der Waals surface area contributed by atoms with E-state index in [1.54, 1.807) is 13.8 Å². The fraction of sp³-hybridized carbons (Fsp3) is 0.389. The van der Waals surface area contributed by atoms with Gasteiger partial charge in [0.05, 0.1) is 5.69 Å². The smallest absolute Gasteiger partial charge is 0.324 e. The first-order valence-corrected chi connectivity index (χ1v) is 9.02. The van der Waals surface area contributed by atoms with Crippen LogP contribution in [0.15, 0.2) is 35.7 Å². The second-order valence-electron chi connectivity index (χ2n) is 6.83. The monoisotopic (exact) mass is 358 g/mol. The highest BCUT2D eigenvalue weighted by atomic mass is 32.1. The molecule has 2 saturated heterocycles. The van der Waals surface area contributed by atoms with E-state index in [1.165, 1.54) is 11.3 Å². The summed E-state index contributed by atoms with van der Waals surface area (Å²) < 4.78 is 10.8. The van der Waals surface area contributed by atoms with Gasteiger partial charge in [0.2, 0.25) is 0 Å². The van der Waals surface area contributed by atoms with E-state index >= 15 is 0 Å². The Morgan fingerprint density at radius 3 is 2.68 bits per heavy atom. The summed E-state index contributed by atoms with van der Waals surface area (Å²) >= 11 is 1.43. The Kier molecular flexibility index (Phi) is 3.57. The normalized spacial score (nSPS) is 31.2. The zero-order valence-corrected chi connectivity index (χ0v) is 14.8. The van der Waals surface area contributed by atoms with Crippen molar-refractivity contribution in [2.45, 2.75) is 38.4 Å². The number of cyclic esters (lactones) is 2. The molecule has 0 unspecified atom stereocenters. The summed E-state index contributed by atoms with van der Waals surface area (Å²) in [7, 11) is 0. The van der Waals surface area contributed by atoms with E-state index in [1.807, 2.05) is 35.7 Å². The molecule has 25 heavy (non-hydrogen) atoms. The number of hydrogen-bond acceptors (Lipinski definition) is 7. The van der Waals surface area contributed by atoms with Gasteiger partial charge in [-0.05, 0) is 26.0 Å². The van der Waals surface area contributed by atoms with Crippen LogP contribution in [-0.2, 0) is 24.7 Å². The number of nitrogens with zero attached hydrogens (tertiary/aromatic N) is 1. The third-order valence-electron chi connectivity index (χ3n) is 4.75. The lowest BCUT2D eigenvalue weighted by atomic mass is 9.78. The SMILES string of the molecule is C[C@H]1C[C@@]2(C[C@@](C)(c3csc(Nc4ccccc4)n3)OC2=O)C(=O)O1. The Balaban J connectivity index is 1.58. The minimum absolute atomic E-state index is 0.260. The van der Waals surface area contributed by atoms with Crippen LogP contribution in [0.3, 0.4) is 0 Å². The number of ether oxygens (including phenoxy) is 2. The summed E-state index contributed by atoms with van der Waals surface area (Å²) in [5, 5.41) is 5.80. The van der Waals surface area contributed by atoms with Gasteiger partial charge in [-0.15, -0.1) is 11.3 Å². The number of aromatic nitrogens is 1. The molecule has 0 amide bonds.